The van der Waals surface area contributed by atoms with Crippen LogP contribution in [-0.2, 0) is 0 Å². The van der Waals surface area contributed by atoms with Gasteiger partial charge in [0.25, 0.3) is 0 Å². The molecule has 0 heteroatoms. The summed E-state index contributed by atoms with van der Waals surface area (Å²) < 4.78 is 0. The standard InChI is InChI=1S/C20H30/c1-14-9-18-5-8-20(14)13-17-3-6-19(12-18,7-4-17)16(2,11-17)15(20)10-18/h14-15H,3-13H2,1-2H3. The summed E-state index contributed by atoms with van der Waals surface area (Å²) in [6, 6.07) is 0. The van der Waals surface area contributed by atoms with E-state index in [0.29, 0.717) is 0 Å². The predicted molar refractivity (Wildman–Crippen MR) is 81.3 cm³/mol. The minimum Gasteiger partial charge on any atom is -0.0619 e. The highest BCUT2D eigenvalue weighted by Gasteiger charge is 2.78. The summed E-state index contributed by atoms with van der Waals surface area (Å²) in [5, 5.41) is 0. The van der Waals surface area contributed by atoms with Crippen LogP contribution in [0.1, 0.15) is 84.5 Å². The third-order valence-electron chi connectivity index (χ3n) is 10.6. The molecule has 8 aliphatic rings. The van der Waals surface area contributed by atoms with Crippen molar-refractivity contribution < 1.29 is 0 Å². The lowest BCUT2D eigenvalue weighted by atomic mass is 9.22. The van der Waals surface area contributed by atoms with Gasteiger partial charge in [0.2, 0.25) is 0 Å². The summed E-state index contributed by atoms with van der Waals surface area (Å²) in [4.78, 5) is 0. The highest BCUT2D eigenvalue weighted by atomic mass is 14.8. The third-order valence-corrected chi connectivity index (χ3v) is 10.6. The zero-order chi connectivity index (χ0) is 13.4. The second kappa shape index (κ2) is 2.79. The van der Waals surface area contributed by atoms with Crippen molar-refractivity contribution in [2.24, 2.45) is 38.9 Å². The van der Waals surface area contributed by atoms with Crippen LogP contribution in [0.5, 0.6) is 0 Å². The molecule has 0 amide bonds. The summed E-state index contributed by atoms with van der Waals surface area (Å²) >= 11 is 0. The molecule has 5 unspecified atom stereocenters. The van der Waals surface area contributed by atoms with Crippen LogP contribution in [-0.4, -0.2) is 0 Å². The maximum atomic E-state index is 2.78. The summed E-state index contributed by atoms with van der Waals surface area (Å²) in [6.45, 7) is 5.44. The van der Waals surface area contributed by atoms with Gasteiger partial charge in [-0.25, -0.2) is 0 Å². The van der Waals surface area contributed by atoms with Crippen LogP contribution < -0.4 is 0 Å². The molecule has 0 aromatic rings. The van der Waals surface area contributed by atoms with Crippen molar-refractivity contribution in [1.82, 2.24) is 0 Å². The van der Waals surface area contributed by atoms with Gasteiger partial charge in [0, 0.05) is 0 Å². The predicted octanol–water partition coefficient (Wildman–Crippen LogP) is 5.56. The number of hydrogen-bond donors (Lipinski definition) is 0. The van der Waals surface area contributed by atoms with E-state index in [9.17, 15) is 0 Å². The molecule has 0 radical (unpaired) electrons. The number of fused-ring (bicyclic) bond motifs is 4. The molecule has 0 aliphatic heterocycles. The van der Waals surface area contributed by atoms with E-state index in [0.717, 1.165) is 38.9 Å². The SMILES string of the molecule is CC1CC23CCC14CC15CCC(CC1)(C2)C(C)(C5)C4C3. The monoisotopic (exact) mass is 270 g/mol. The molecule has 0 nitrogen and oxygen atoms in total. The van der Waals surface area contributed by atoms with E-state index >= 15 is 0 Å². The first-order valence-electron chi connectivity index (χ1n) is 9.46. The fourth-order valence-corrected chi connectivity index (χ4v) is 10.0. The van der Waals surface area contributed by atoms with Gasteiger partial charge in [-0.2, -0.15) is 0 Å². The van der Waals surface area contributed by atoms with Gasteiger partial charge in [-0.15, -0.1) is 0 Å². The Morgan fingerprint density at radius 2 is 1.50 bits per heavy atom. The highest BCUT2D eigenvalue weighted by Crippen LogP contribution is 2.87. The van der Waals surface area contributed by atoms with Crippen LogP contribution >= 0.6 is 0 Å². The first kappa shape index (κ1) is 11.6. The fraction of sp³-hybridized carbons (Fsp3) is 1.00. The van der Waals surface area contributed by atoms with E-state index in [1.807, 2.05) is 0 Å². The number of rotatable bonds is 0. The average Bonchev–Trinajstić information content (AvgIpc) is 2.43. The minimum absolute atomic E-state index is 0.750. The lowest BCUT2D eigenvalue weighted by molar-refractivity contribution is -0.334. The Bertz CT molecular complexity index is 505. The molecule has 20 heavy (non-hydrogen) atoms. The first-order valence-corrected chi connectivity index (χ1v) is 9.46. The van der Waals surface area contributed by atoms with Crippen LogP contribution in [0.25, 0.3) is 0 Å². The second-order valence-corrected chi connectivity index (χ2v) is 10.8. The van der Waals surface area contributed by atoms with Gasteiger partial charge in [-0.05, 0) is 110 Å². The van der Waals surface area contributed by atoms with E-state index in [1.54, 1.807) is 70.6 Å². The van der Waals surface area contributed by atoms with Crippen LogP contribution in [0.15, 0.2) is 0 Å². The Labute approximate surface area is 124 Å². The third kappa shape index (κ3) is 0.901. The van der Waals surface area contributed by atoms with E-state index in [-0.39, 0.29) is 0 Å². The lowest BCUT2D eigenvalue weighted by Crippen LogP contribution is -2.74. The zero-order valence-corrected chi connectivity index (χ0v) is 13.4. The van der Waals surface area contributed by atoms with E-state index in [4.69, 9.17) is 0 Å². The van der Waals surface area contributed by atoms with Gasteiger partial charge < -0.3 is 0 Å². The lowest BCUT2D eigenvalue weighted by Gasteiger charge is -2.83. The molecule has 4 spiro atoms. The smallest absolute Gasteiger partial charge is 0.0230 e. The largest absolute Gasteiger partial charge is 0.0619 e. The maximum absolute atomic E-state index is 2.78. The first-order chi connectivity index (χ1) is 9.46. The highest BCUT2D eigenvalue weighted by molar-refractivity contribution is 5.27. The molecule has 8 saturated carbocycles. The molecule has 110 valence electrons. The zero-order valence-electron chi connectivity index (χ0n) is 13.4. The van der Waals surface area contributed by atoms with Crippen LogP contribution in [0.3, 0.4) is 0 Å². The Kier molecular flexibility index (Phi) is 1.61. The summed E-state index contributed by atoms with van der Waals surface area (Å²) in [5.74, 6) is 2.16. The Hall–Kier alpha value is 0. The summed E-state index contributed by atoms with van der Waals surface area (Å²) in [6.07, 6.45) is 17.9. The fourth-order valence-electron chi connectivity index (χ4n) is 10.0. The van der Waals surface area contributed by atoms with Crippen molar-refractivity contribution in [3.8, 4) is 0 Å². The van der Waals surface area contributed by atoms with Crippen LogP contribution in [0, 0.1) is 38.9 Å². The summed E-state index contributed by atoms with van der Waals surface area (Å²) in [5.41, 5.74) is 3.95. The second-order valence-electron chi connectivity index (χ2n) is 10.8. The van der Waals surface area contributed by atoms with Crippen molar-refractivity contribution >= 4 is 0 Å². The van der Waals surface area contributed by atoms with E-state index in [2.05, 4.69) is 13.8 Å². The molecule has 0 aromatic carbocycles. The normalized spacial score (nSPS) is 72.3. The molecule has 0 aromatic heterocycles. The summed E-state index contributed by atoms with van der Waals surface area (Å²) in [7, 11) is 0. The molecular formula is C20H30. The average molecular weight is 270 g/mol. The van der Waals surface area contributed by atoms with E-state index in [1.165, 1.54) is 0 Å². The Balaban J connectivity index is 1.67. The Morgan fingerprint density at radius 1 is 0.750 bits per heavy atom. The molecular weight excluding hydrogens is 240 g/mol. The molecule has 8 rings (SSSR count). The van der Waals surface area contributed by atoms with Crippen molar-refractivity contribution in [2.75, 3.05) is 0 Å². The molecule has 6 bridgehead atoms. The van der Waals surface area contributed by atoms with Gasteiger partial charge in [0.1, 0.15) is 0 Å². The van der Waals surface area contributed by atoms with Crippen LogP contribution in [0.4, 0.5) is 0 Å². The van der Waals surface area contributed by atoms with E-state index < -0.39 is 0 Å². The topological polar surface area (TPSA) is 0 Å². The van der Waals surface area contributed by atoms with Gasteiger partial charge in [-0.3, -0.25) is 0 Å². The van der Waals surface area contributed by atoms with Gasteiger partial charge in [0.05, 0.1) is 0 Å². The minimum atomic E-state index is 0.750. The van der Waals surface area contributed by atoms with Gasteiger partial charge >= 0.3 is 0 Å². The number of hydrogen-bond acceptors (Lipinski definition) is 0. The van der Waals surface area contributed by atoms with Crippen molar-refractivity contribution in [2.45, 2.75) is 84.5 Å². The molecule has 8 aliphatic carbocycles. The molecule has 0 heterocycles. The van der Waals surface area contributed by atoms with Gasteiger partial charge in [-0.1, -0.05) is 13.8 Å². The molecule has 5 atom stereocenters. The molecule has 0 saturated heterocycles. The van der Waals surface area contributed by atoms with Gasteiger partial charge in [0.15, 0.2) is 0 Å². The van der Waals surface area contributed by atoms with Crippen molar-refractivity contribution in [3.05, 3.63) is 0 Å². The van der Waals surface area contributed by atoms with Crippen molar-refractivity contribution in [1.29, 1.82) is 0 Å². The van der Waals surface area contributed by atoms with Crippen molar-refractivity contribution in [3.63, 3.8) is 0 Å². The van der Waals surface area contributed by atoms with Crippen LogP contribution in [0.2, 0.25) is 0 Å². The molecule has 8 fully saturated rings. The quantitative estimate of drug-likeness (QED) is 0.540. The maximum Gasteiger partial charge on any atom is -0.0230 e. The molecule has 0 N–H and O–H groups in total. The Morgan fingerprint density at radius 3 is 2.25 bits per heavy atom.